The number of hydrogen-bond donors (Lipinski definition) is 0. The van der Waals surface area contributed by atoms with Crippen LogP contribution in [0.4, 0.5) is 13.2 Å². The summed E-state index contributed by atoms with van der Waals surface area (Å²) < 4.78 is 50.2. The minimum absolute atomic E-state index is 0.0460. The Labute approximate surface area is 203 Å². The van der Waals surface area contributed by atoms with Crippen LogP contribution in [0.2, 0.25) is 0 Å². The van der Waals surface area contributed by atoms with Gasteiger partial charge in [-0.25, -0.2) is 0 Å². The Balaban J connectivity index is 1.76. The summed E-state index contributed by atoms with van der Waals surface area (Å²) in [5, 5.41) is 4.19. The Kier molecular flexibility index (Phi) is 7.97. The number of alkyl halides is 3. The standard InChI is InChI=1S/C26H31F3N2O4/c1-25(2,3)14-24(32)31(15-17-7-6-8-19(11-17)26(27,28)29)16-20-13-21(30-35-20)18-9-10-22(33-4)23(12-18)34-5/h6-12,20H,13-16H2,1-5H3/t20-/m0/s1. The zero-order valence-electron chi connectivity index (χ0n) is 20.6. The largest absolute Gasteiger partial charge is 0.493 e. The van der Waals surface area contributed by atoms with Crippen molar-refractivity contribution >= 4 is 11.6 Å². The monoisotopic (exact) mass is 492 g/mol. The van der Waals surface area contributed by atoms with Crippen molar-refractivity contribution in [3.63, 3.8) is 0 Å². The Hall–Kier alpha value is -3.23. The van der Waals surface area contributed by atoms with Gasteiger partial charge in [-0.3, -0.25) is 4.79 Å². The molecule has 0 saturated heterocycles. The van der Waals surface area contributed by atoms with Crippen LogP contribution in [0.15, 0.2) is 47.6 Å². The lowest BCUT2D eigenvalue weighted by molar-refractivity contribution is -0.137. The Bertz CT molecular complexity index is 1080. The molecule has 0 radical (unpaired) electrons. The molecule has 9 heteroatoms. The van der Waals surface area contributed by atoms with E-state index in [0.717, 1.165) is 17.7 Å². The van der Waals surface area contributed by atoms with E-state index in [1.807, 2.05) is 26.8 Å². The fraction of sp³-hybridized carbons (Fsp3) is 0.462. The number of hydrogen-bond acceptors (Lipinski definition) is 5. The van der Waals surface area contributed by atoms with Gasteiger partial charge in [-0.2, -0.15) is 13.2 Å². The van der Waals surface area contributed by atoms with E-state index in [-0.39, 0.29) is 30.8 Å². The van der Waals surface area contributed by atoms with Crippen LogP contribution in [0, 0.1) is 5.41 Å². The first-order valence-corrected chi connectivity index (χ1v) is 11.3. The number of rotatable bonds is 8. The second-order valence-electron chi connectivity index (χ2n) is 9.75. The molecule has 1 aliphatic heterocycles. The normalized spacial score (nSPS) is 15.9. The van der Waals surface area contributed by atoms with E-state index in [4.69, 9.17) is 14.3 Å². The van der Waals surface area contributed by atoms with Crippen LogP contribution in [0.5, 0.6) is 11.5 Å². The van der Waals surface area contributed by atoms with Gasteiger partial charge in [0.25, 0.3) is 0 Å². The van der Waals surface area contributed by atoms with Crippen LogP contribution >= 0.6 is 0 Å². The van der Waals surface area contributed by atoms with Crippen molar-refractivity contribution in [2.45, 2.75) is 52.4 Å². The molecule has 0 unspecified atom stereocenters. The third kappa shape index (κ3) is 7.13. The molecule has 0 spiro atoms. The van der Waals surface area contributed by atoms with E-state index in [1.165, 1.54) is 6.07 Å². The van der Waals surface area contributed by atoms with Crippen molar-refractivity contribution in [1.82, 2.24) is 4.90 Å². The highest BCUT2D eigenvalue weighted by molar-refractivity contribution is 6.01. The molecule has 0 aromatic heterocycles. The Morgan fingerprint density at radius 3 is 2.43 bits per heavy atom. The lowest BCUT2D eigenvalue weighted by Gasteiger charge is -2.28. The maximum absolute atomic E-state index is 13.2. The maximum Gasteiger partial charge on any atom is 0.416 e. The number of oxime groups is 1. The third-order valence-corrected chi connectivity index (χ3v) is 5.54. The topological polar surface area (TPSA) is 60.4 Å². The third-order valence-electron chi connectivity index (χ3n) is 5.54. The van der Waals surface area contributed by atoms with Gasteiger partial charge in [0.2, 0.25) is 5.91 Å². The summed E-state index contributed by atoms with van der Waals surface area (Å²) in [6.45, 7) is 6.07. The van der Waals surface area contributed by atoms with Gasteiger partial charge >= 0.3 is 6.18 Å². The average molecular weight is 493 g/mol. The molecule has 2 aromatic carbocycles. The van der Waals surface area contributed by atoms with E-state index in [9.17, 15) is 18.0 Å². The quantitative estimate of drug-likeness (QED) is 0.476. The first-order valence-electron chi connectivity index (χ1n) is 11.3. The molecule has 1 aliphatic rings. The summed E-state index contributed by atoms with van der Waals surface area (Å²) >= 11 is 0. The minimum atomic E-state index is -4.45. The summed E-state index contributed by atoms with van der Waals surface area (Å²) in [7, 11) is 3.10. The number of ether oxygens (including phenoxy) is 2. The highest BCUT2D eigenvalue weighted by Crippen LogP contribution is 2.31. The smallest absolute Gasteiger partial charge is 0.416 e. The molecule has 6 nitrogen and oxygen atoms in total. The second-order valence-corrected chi connectivity index (χ2v) is 9.75. The molecular formula is C26H31F3N2O4. The lowest BCUT2D eigenvalue weighted by Crippen LogP contribution is -2.38. The van der Waals surface area contributed by atoms with Gasteiger partial charge in [-0.05, 0) is 41.3 Å². The molecule has 0 N–H and O–H groups in total. The zero-order valence-corrected chi connectivity index (χ0v) is 20.6. The van der Waals surface area contributed by atoms with Gasteiger partial charge in [0.15, 0.2) is 17.6 Å². The molecule has 3 rings (SSSR count). The van der Waals surface area contributed by atoms with Gasteiger partial charge in [0.05, 0.1) is 32.0 Å². The SMILES string of the molecule is COc1ccc(C2=NO[C@H](CN(Cc3cccc(C(F)(F)F)c3)C(=O)CC(C)(C)C)C2)cc1OC. The zero-order chi connectivity index (χ0) is 25.8. The molecule has 1 amide bonds. The van der Waals surface area contributed by atoms with E-state index >= 15 is 0 Å². The van der Waals surface area contributed by atoms with E-state index < -0.39 is 17.8 Å². The maximum atomic E-state index is 13.2. The van der Waals surface area contributed by atoms with Crippen molar-refractivity contribution in [2.24, 2.45) is 10.6 Å². The van der Waals surface area contributed by atoms with Gasteiger partial charge < -0.3 is 19.2 Å². The van der Waals surface area contributed by atoms with Gasteiger partial charge in [-0.1, -0.05) is 38.1 Å². The molecule has 1 atom stereocenters. The molecule has 0 fully saturated rings. The van der Waals surface area contributed by atoms with E-state index in [2.05, 4.69) is 5.16 Å². The first kappa shape index (κ1) is 26.4. The number of carbonyl (C=O) groups is 1. The number of amides is 1. The fourth-order valence-electron chi connectivity index (χ4n) is 3.84. The van der Waals surface area contributed by atoms with Crippen LogP contribution in [0.25, 0.3) is 0 Å². The predicted molar refractivity (Wildman–Crippen MR) is 127 cm³/mol. The van der Waals surface area contributed by atoms with Gasteiger partial charge in [-0.15, -0.1) is 0 Å². The molecule has 0 aliphatic carbocycles. The van der Waals surface area contributed by atoms with E-state index in [0.29, 0.717) is 29.2 Å². The van der Waals surface area contributed by atoms with Gasteiger partial charge in [0.1, 0.15) is 0 Å². The van der Waals surface area contributed by atoms with Crippen molar-refractivity contribution in [3.8, 4) is 11.5 Å². The number of carbonyl (C=O) groups excluding carboxylic acids is 1. The highest BCUT2D eigenvalue weighted by Gasteiger charge is 2.32. The number of benzene rings is 2. The van der Waals surface area contributed by atoms with Crippen molar-refractivity contribution < 1.29 is 32.3 Å². The first-order chi connectivity index (χ1) is 16.4. The van der Waals surface area contributed by atoms with Gasteiger partial charge in [0, 0.05) is 24.9 Å². The predicted octanol–water partition coefficient (Wildman–Crippen LogP) is 5.68. The summed E-state index contributed by atoms with van der Waals surface area (Å²) in [6, 6.07) is 10.5. The van der Waals surface area contributed by atoms with Crippen LogP contribution in [0.3, 0.4) is 0 Å². The molecule has 0 saturated carbocycles. The Morgan fingerprint density at radius 2 is 1.80 bits per heavy atom. The molecule has 0 bridgehead atoms. The van der Waals surface area contributed by atoms with Crippen LogP contribution in [0.1, 0.15) is 50.3 Å². The number of halogens is 3. The molecule has 1 heterocycles. The van der Waals surface area contributed by atoms with Crippen molar-refractivity contribution in [1.29, 1.82) is 0 Å². The summed E-state index contributed by atoms with van der Waals surface area (Å²) in [5.41, 5.74) is 0.880. The van der Waals surface area contributed by atoms with Crippen LogP contribution < -0.4 is 9.47 Å². The summed E-state index contributed by atoms with van der Waals surface area (Å²) in [4.78, 5) is 20.3. The molecule has 190 valence electrons. The molecule has 2 aromatic rings. The summed E-state index contributed by atoms with van der Waals surface area (Å²) in [6.07, 6.45) is -4.18. The minimum Gasteiger partial charge on any atom is -0.493 e. The summed E-state index contributed by atoms with van der Waals surface area (Å²) in [5.74, 6) is 0.994. The van der Waals surface area contributed by atoms with Crippen LogP contribution in [-0.2, 0) is 22.4 Å². The van der Waals surface area contributed by atoms with Crippen LogP contribution in [-0.4, -0.2) is 43.4 Å². The molecular weight excluding hydrogens is 461 g/mol. The number of methoxy groups -OCH3 is 2. The molecule has 35 heavy (non-hydrogen) atoms. The van der Waals surface area contributed by atoms with Crippen molar-refractivity contribution in [2.75, 3.05) is 20.8 Å². The average Bonchev–Trinajstić information content (AvgIpc) is 3.25. The highest BCUT2D eigenvalue weighted by atomic mass is 19.4. The fourth-order valence-corrected chi connectivity index (χ4v) is 3.84. The lowest BCUT2D eigenvalue weighted by atomic mass is 9.91. The second kappa shape index (κ2) is 10.6. The van der Waals surface area contributed by atoms with E-state index in [1.54, 1.807) is 37.3 Å². The van der Waals surface area contributed by atoms with Crippen molar-refractivity contribution in [3.05, 3.63) is 59.2 Å². The Morgan fingerprint density at radius 1 is 1.09 bits per heavy atom. The number of nitrogens with zero attached hydrogens (tertiary/aromatic N) is 2.